The molecule has 33 heavy (non-hydrogen) atoms. The Balaban J connectivity index is 1.91. The van der Waals surface area contributed by atoms with Gasteiger partial charge in [-0.3, -0.25) is 9.78 Å². The molecule has 0 saturated carbocycles. The Bertz CT molecular complexity index is 1190. The zero-order valence-corrected chi connectivity index (χ0v) is 19.7. The van der Waals surface area contributed by atoms with E-state index in [1.165, 1.54) is 29.0 Å². The number of carboxylic acids is 1. The minimum absolute atomic E-state index is 0.00358. The molecule has 0 aliphatic rings. The normalized spacial score (nSPS) is 12.0. The lowest BCUT2D eigenvalue weighted by atomic mass is 9.87. The number of pyridine rings is 2. The summed E-state index contributed by atoms with van der Waals surface area (Å²) in [6.45, 7) is 6.35. The van der Waals surface area contributed by atoms with Crippen LogP contribution >= 0.6 is 0 Å². The second kappa shape index (κ2) is 10.1. The molecule has 0 aliphatic heterocycles. The first-order chi connectivity index (χ1) is 15.6. The van der Waals surface area contributed by atoms with Crippen molar-refractivity contribution in [2.24, 2.45) is 0 Å². The van der Waals surface area contributed by atoms with Crippen molar-refractivity contribution in [1.29, 1.82) is 0 Å². The summed E-state index contributed by atoms with van der Waals surface area (Å²) in [5.74, 6) is -0.648. The molecule has 0 unspecified atom stereocenters. The van der Waals surface area contributed by atoms with Crippen LogP contribution in [0.15, 0.2) is 72.0 Å². The Hall–Kier alpha value is -3.30. The van der Waals surface area contributed by atoms with Gasteiger partial charge >= 0.3 is 5.97 Å². The summed E-state index contributed by atoms with van der Waals surface area (Å²) in [7, 11) is -3.84. The standard InChI is InChI=1S/C24H28N4O4S/c1-24(2,3)20-8-6-18(7-9-20)16-28(33(31,32)21-5-4-11-25-14-21)17-19-10-12-26-22(13-19)27-15-23(29)30/h4-14H,15-17H2,1-3H3,(H,26,27)(H,29,30). The number of anilines is 1. The van der Waals surface area contributed by atoms with Crippen molar-refractivity contribution in [2.75, 3.05) is 11.9 Å². The predicted octanol–water partition coefficient (Wildman–Crippen LogP) is 3.66. The van der Waals surface area contributed by atoms with E-state index < -0.39 is 16.0 Å². The summed E-state index contributed by atoms with van der Waals surface area (Å²) in [5.41, 5.74) is 2.69. The zero-order valence-electron chi connectivity index (χ0n) is 18.9. The van der Waals surface area contributed by atoms with Gasteiger partial charge in [-0.1, -0.05) is 45.0 Å². The van der Waals surface area contributed by atoms with Gasteiger partial charge in [0.05, 0.1) is 0 Å². The number of sulfonamides is 1. The van der Waals surface area contributed by atoms with Crippen molar-refractivity contribution in [2.45, 2.75) is 44.2 Å². The van der Waals surface area contributed by atoms with Gasteiger partial charge in [-0.2, -0.15) is 4.31 Å². The van der Waals surface area contributed by atoms with Crippen molar-refractivity contribution in [1.82, 2.24) is 14.3 Å². The Labute approximate surface area is 194 Å². The number of rotatable bonds is 9. The predicted molar refractivity (Wildman–Crippen MR) is 126 cm³/mol. The molecule has 3 rings (SSSR count). The van der Waals surface area contributed by atoms with Crippen LogP contribution in [0.2, 0.25) is 0 Å². The maximum absolute atomic E-state index is 13.4. The van der Waals surface area contributed by atoms with E-state index in [0.29, 0.717) is 11.4 Å². The van der Waals surface area contributed by atoms with E-state index in [1.807, 2.05) is 24.3 Å². The third-order valence-corrected chi connectivity index (χ3v) is 6.83. The molecule has 9 heteroatoms. The first-order valence-corrected chi connectivity index (χ1v) is 11.9. The molecule has 174 valence electrons. The van der Waals surface area contributed by atoms with E-state index in [2.05, 4.69) is 36.1 Å². The van der Waals surface area contributed by atoms with Gasteiger partial charge in [0.15, 0.2) is 0 Å². The Morgan fingerprint density at radius 1 is 1.03 bits per heavy atom. The third kappa shape index (κ3) is 6.59. The highest BCUT2D eigenvalue weighted by Crippen LogP contribution is 2.25. The average Bonchev–Trinajstić information content (AvgIpc) is 2.78. The van der Waals surface area contributed by atoms with Gasteiger partial charge in [-0.25, -0.2) is 13.4 Å². The second-order valence-corrected chi connectivity index (χ2v) is 10.6. The van der Waals surface area contributed by atoms with E-state index in [4.69, 9.17) is 5.11 Å². The molecule has 0 atom stereocenters. The molecule has 0 spiro atoms. The first kappa shape index (κ1) is 24.3. The number of nitrogens with zero attached hydrogens (tertiary/aromatic N) is 3. The maximum Gasteiger partial charge on any atom is 0.322 e. The van der Waals surface area contributed by atoms with Crippen LogP contribution in [-0.4, -0.2) is 40.3 Å². The van der Waals surface area contributed by atoms with Crippen molar-refractivity contribution >= 4 is 21.8 Å². The summed E-state index contributed by atoms with van der Waals surface area (Å²) in [6.07, 6.45) is 4.38. The molecule has 2 N–H and O–H groups in total. The zero-order chi connectivity index (χ0) is 24.1. The van der Waals surface area contributed by atoms with Crippen molar-refractivity contribution < 1.29 is 18.3 Å². The van der Waals surface area contributed by atoms with Crippen molar-refractivity contribution in [3.05, 3.63) is 83.8 Å². The Morgan fingerprint density at radius 3 is 2.33 bits per heavy atom. The fraction of sp³-hybridized carbons (Fsp3) is 0.292. The topological polar surface area (TPSA) is 112 Å². The van der Waals surface area contributed by atoms with Crippen LogP contribution in [0.25, 0.3) is 0 Å². The van der Waals surface area contributed by atoms with Crippen molar-refractivity contribution in [3.63, 3.8) is 0 Å². The van der Waals surface area contributed by atoms with E-state index in [9.17, 15) is 13.2 Å². The van der Waals surface area contributed by atoms with Crippen LogP contribution in [0.1, 0.15) is 37.5 Å². The van der Waals surface area contributed by atoms with E-state index in [-0.39, 0.29) is 29.9 Å². The second-order valence-electron chi connectivity index (χ2n) is 8.71. The van der Waals surface area contributed by atoms with Gasteiger partial charge in [0.1, 0.15) is 17.3 Å². The van der Waals surface area contributed by atoms with Gasteiger partial charge < -0.3 is 10.4 Å². The molecule has 0 bridgehead atoms. The minimum Gasteiger partial charge on any atom is -0.480 e. The van der Waals surface area contributed by atoms with Crippen LogP contribution in [0, 0.1) is 0 Å². The summed E-state index contributed by atoms with van der Waals surface area (Å²) < 4.78 is 28.3. The van der Waals surface area contributed by atoms with Gasteiger partial charge in [0.25, 0.3) is 0 Å². The molecular formula is C24H28N4O4S. The van der Waals surface area contributed by atoms with Gasteiger partial charge in [-0.05, 0) is 46.4 Å². The highest BCUT2D eigenvalue weighted by Gasteiger charge is 2.25. The smallest absolute Gasteiger partial charge is 0.322 e. The number of carboxylic acid groups (broad SMARTS) is 1. The van der Waals surface area contributed by atoms with Crippen LogP contribution in [0.3, 0.4) is 0 Å². The van der Waals surface area contributed by atoms with Gasteiger partial charge in [0.2, 0.25) is 10.0 Å². The molecular weight excluding hydrogens is 440 g/mol. The number of nitrogens with one attached hydrogen (secondary N) is 1. The molecule has 0 aliphatic carbocycles. The first-order valence-electron chi connectivity index (χ1n) is 10.5. The molecule has 2 aromatic heterocycles. The van der Waals surface area contributed by atoms with Crippen molar-refractivity contribution in [3.8, 4) is 0 Å². The fourth-order valence-corrected chi connectivity index (χ4v) is 4.61. The lowest BCUT2D eigenvalue weighted by Crippen LogP contribution is -2.30. The molecule has 0 amide bonds. The van der Waals surface area contributed by atoms with Crippen LogP contribution in [0.4, 0.5) is 5.82 Å². The Morgan fingerprint density at radius 2 is 1.73 bits per heavy atom. The highest BCUT2D eigenvalue weighted by molar-refractivity contribution is 7.89. The van der Waals surface area contributed by atoms with Gasteiger partial charge in [0, 0.05) is 31.7 Å². The quantitative estimate of drug-likeness (QED) is 0.493. The summed E-state index contributed by atoms with van der Waals surface area (Å²) in [4.78, 5) is 19.0. The van der Waals surface area contributed by atoms with Crippen LogP contribution in [0.5, 0.6) is 0 Å². The summed E-state index contributed by atoms with van der Waals surface area (Å²) in [6, 6.07) is 14.4. The lowest BCUT2D eigenvalue weighted by Gasteiger charge is -2.24. The number of hydrogen-bond acceptors (Lipinski definition) is 6. The SMILES string of the molecule is CC(C)(C)c1ccc(CN(Cc2ccnc(NCC(=O)O)c2)S(=O)(=O)c2cccnc2)cc1. The average molecular weight is 469 g/mol. The summed E-state index contributed by atoms with van der Waals surface area (Å²) >= 11 is 0. The number of aliphatic carboxylic acids is 1. The summed E-state index contributed by atoms with van der Waals surface area (Å²) in [5, 5.41) is 11.6. The Kier molecular flexibility index (Phi) is 7.45. The van der Waals surface area contributed by atoms with E-state index in [0.717, 1.165) is 11.1 Å². The fourth-order valence-electron chi connectivity index (χ4n) is 3.23. The van der Waals surface area contributed by atoms with Crippen LogP contribution in [-0.2, 0) is 33.3 Å². The molecule has 3 aromatic rings. The molecule has 0 fully saturated rings. The molecule has 1 aromatic carbocycles. The molecule has 2 heterocycles. The lowest BCUT2D eigenvalue weighted by molar-refractivity contribution is -0.134. The largest absolute Gasteiger partial charge is 0.480 e. The molecule has 8 nitrogen and oxygen atoms in total. The number of benzene rings is 1. The highest BCUT2D eigenvalue weighted by atomic mass is 32.2. The monoisotopic (exact) mass is 468 g/mol. The number of hydrogen-bond donors (Lipinski definition) is 2. The molecule has 0 saturated heterocycles. The molecule has 0 radical (unpaired) electrons. The third-order valence-electron chi connectivity index (χ3n) is 5.06. The minimum atomic E-state index is -3.84. The maximum atomic E-state index is 13.4. The van der Waals surface area contributed by atoms with Gasteiger partial charge in [-0.15, -0.1) is 0 Å². The number of aromatic nitrogens is 2. The van der Waals surface area contributed by atoms with Crippen LogP contribution < -0.4 is 5.32 Å². The van der Waals surface area contributed by atoms with E-state index >= 15 is 0 Å². The number of carbonyl (C=O) groups is 1. The van der Waals surface area contributed by atoms with E-state index in [1.54, 1.807) is 18.2 Å².